The molecule has 4 rings (SSSR count). The zero-order valence-electron chi connectivity index (χ0n) is 15.0. The number of nitro groups is 1. The van der Waals surface area contributed by atoms with E-state index >= 15 is 0 Å². The van der Waals surface area contributed by atoms with Gasteiger partial charge >= 0.3 is 17.6 Å². The van der Waals surface area contributed by atoms with Crippen LogP contribution >= 0.6 is 0 Å². The predicted molar refractivity (Wildman–Crippen MR) is 99.5 cm³/mol. The van der Waals surface area contributed by atoms with Crippen molar-refractivity contribution >= 4 is 16.9 Å². The van der Waals surface area contributed by atoms with Crippen LogP contribution < -0.4 is 10.4 Å². The second kappa shape index (κ2) is 7.15. The molecule has 0 spiro atoms. The highest BCUT2D eigenvalue weighted by molar-refractivity contribution is 5.81. The third-order valence-corrected chi connectivity index (χ3v) is 4.20. The molecular formula is C19H13FN4O5. The van der Waals surface area contributed by atoms with E-state index in [4.69, 9.17) is 9.15 Å². The number of ether oxygens (including phenoxy) is 1. The van der Waals surface area contributed by atoms with Crippen molar-refractivity contribution in [3.8, 4) is 11.8 Å². The van der Waals surface area contributed by atoms with Crippen LogP contribution in [0.15, 0.2) is 57.7 Å². The number of hydrogen-bond acceptors (Lipinski definition) is 7. The highest BCUT2D eigenvalue weighted by Gasteiger charge is 2.24. The molecule has 0 amide bonds. The van der Waals surface area contributed by atoms with Crippen molar-refractivity contribution < 1.29 is 18.5 Å². The first-order valence-corrected chi connectivity index (χ1v) is 8.46. The van der Waals surface area contributed by atoms with Crippen LogP contribution in [0.1, 0.15) is 11.1 Å². The average molecular weight is 396 g/mol. The van der Waals surface area contributed by atoms with Gasteiger partial charge in [-0.25, -0.2) is 9.18 Å². The van der Waals surface area contributed by atoms with Crippen LogP contribution in [0.2, 0.25) is 0 Å². The van der Waals surface area contributed by atoms with Gasteiger partial charge < -0.3 is 19.3 Å². The number of benzene rings is 2. The Morgan fingerprint density at radius 2 is 2.03 bits per heavy atom. The Morgan fingerprint density at radius 3 is 2.79 bits per heavy atom. The Labute approximate surface area is 162 Å². The Kier molecular flexibility index (Phi) is 4.51. The molecule has 0 N–H and O–H groups in total. The number of fused-ring (bicyclic) bond motifs is 1. The fraction of sp³-hybridized carbons (Fsp3) is 0.105. The van der Waals surface area contributed by atoms with Crippen molar-refractivity contribution in [1.82, 2.24) is 14.8 Å². The van der Waals surface area contributed by atoms with Crippen LogP contribution in [0.3, 0.4) is 0 Å². The van der Waals surface area contributed by atoms with Gasteiger partial charge in [0.05, 0.1) is 6.54 Å². The summed E-state index contributed by atoms with van der Waals surface area (Å²) in [4.78, 5) is 25.7. The minimum Gasteiger partial charge on any atom is -0.423 e. The summed E-state index contributed by atoms with van der Waals surface area (Å²) >= 11 is 0. The summed E-state index contributed by atoms with van der Waals surface area (Å²) < 4.78 is 25.9. The minimum atomic E-state index is -0.770. The molecule has 0 atom stereocenters. The molecule has 10 heteroatoms. The number of rotatable bonds is 5. The SMILES string of the molecule is Cc1cc(=O)oc2cc(Oc3nc([N+](=O)[O-])nn3Cc3ccccc3F)ccc12. The average Bonchev–Trinajstić information content (AvgIpc) is 3.06. The van der Waals surface area contributed by atoms with E-state index in [1.807, 2.05) is 0 Å². The van der Waals surface area contributed by atoms with E-state index < -0.39 is 22.3 Å². The van der Waals surface area contributed by atoms with E-state index in [2.05, 4.69) is 10.1 Å². The number of halogens is 1. The maximum atomic E-state index is 14.0. The number of aromatic nitrogens is 3. The van der Waals surface area contributed by atoms with Crippen LogP contribution in [0.5, 0.6) is 11.8 Å². The molecule has 0 aliphatic rings. The lowest BCUT2D eigenvalue weighted by Crippen LogP contribution is -2.06. The third-order valence-electron chi connectivity index (χ3n) is 4.20. The number of nitrogens with zero attached hydrogens (tertiary/aromatic N) is 4. The molecule has 0 saturated carbocycles. The van der Waals surface area contributed by atoms with E-state index in [0.29, 0.717) is 5.58 Å². The molecule has 0 radical (unpaired) electrons. The van der Waals surface area contributed by atoms with Gasteiger partial charge in [-0.15, -0.1) is 4.68 Å². The van der Waals surface area contributed by atoms with Gasteiger partial charge in [0, 0.05) is 28.2 Å². The zero-order chi connectivity index (χ0) is 20.5. The normalized spacial score (nSPS) is 11.0. The van der Waals surface area contributed by atoms with Crippen molar-refractivity contribution in [2.45, 2.75) is 13.5 Å². The molecule has 146 valence electrons. The molecule has 29 heavy (non-hydrogen) atoms. The largest absolute Gasteiger partial charge is 0.494 e. The smallest absolute Gasteiger partial charge is 0.423 e. The molecule has 0 bridgehead atoms. The fourth-order valence-corrected chi connectivity index (χ4v) is 2.83. The van der Waals surface area contributed by atoms with Crippen molar-refractivity contribution in [1.29, 1.82) is 0 Å². The number of hydrogen-bond donors (Lipinski definition) is 0. The number of aryl methyl sites for hydroxylation is 1. The Balaban J connectivity index is 1.73. The molecule has 0 aliphatic carbocycles. The maximum Gasteiger partial charge on any atom is 0.494 e. The summed E-state index contributed by atoms with van der Waals surface area (Å²) in [6.45, 7) is 1.65. The molecular weight excluding hydrogens is 383 g/mol. The van der Waals surface area contributed by atoms with Gasteiger partial charge in [-0.05, 0) is 40.6 Å². The van der Waals surface area contributed by atoms with Gasteiger partial charge in [-0.3, -0.25) is 0 Å². The molecule has 0 fully saturated rings. The van der Waals surface area contributed by atoms with E-state index in [0.717, 1.165) is 15.6 Å². The van der Waals surface area contributed by atoms with E-state index in [9.17, 15) is 19.3 Å². The molecule has 2 heterocycles. The zero-order valence-corrected chi connectivity index (χ0v) is 15.0. The Bertz CT molecular complexity index is 1300. The second-order valence-electron chi connectivity index (χ2n) is 6.21. The first-order valence-electron chi connectivity index (χ1n) is 8.46. The van der Waals surface area contributed by atoms with Gasteiger partial charge in [0.15, 0.2) is 0 Å². The summed E-state index contributed by atoms with van der Waals surface area (Å²) in [6.07, 6.45) is 0. The summed E-state index contributed by atoms with van der Waals surface area (Å²) in [7, 11) is 0. The molecule has 0 saturated heterocycles. The van der Waals surface area contributed by atoms with E-state index in [1.165, 1.54) is 30.3 Å². The van der Waals surface area contributed by atoms with E-state index in [-0.39, 0.29) is 23.9 Å². The lowest BCUT2D eigenvalue weighted by molar-refractivity contribution is -0.394. The standard InChI is InChI=1S/C19H13FN4O5/c1-11-8-17(25)29-16-9-13(6-7-14(11)16)28-19-21-18(24(26)27)22-23(19)10-12-4-2-3-5-15(12)20/h2-9H,10H2,1H3. The van der Waals surface area contributed by atoms with Gasteiger partial charge in [-0.2, -0.15) is 0 Å². The lowest BCUT2D eigenvalue weighted by Gasteiger charge is -2.06. The summed E-state index contributed by atoms with van der Waals surface area (Å²) in [5.74, 6) is -0.942. The molecule has 4 aromatic rings. The highest BCUT2D eigenvalue weighted by atomic mass is 19.1. The van der Waals surface area contributed by atoms with Crippen LogP contribution in [0.25, 0.3) is 11.0 Å². The van der Waals surface area contributed by atoms with Crippen LogP contribution in [-0.2, 0) is 6.54 Å². The van der Waals surface area contributed by atoms with Crippen LogP contribution in [0.4, 0.5) is 10.3 Å². The molecule has 9 nitrogen and oxygen atoms in total. The molecule has 2 aromatic carbocycles. The highest BCUT2D eigenvalue weighted by Crippen LogP contribution is 2.27. The first kappa shape index (κ1) is 18.3. The molecule has 0 aliphatic heterocycles. The lowest BCUT2D eigenvalue weighted by atomic mass is 10.1. The third kappa shape index (κ3) is 3.68. The van der Waals surface area contributed by atoms with Crippen LogP contribution in [-0.4, -0.2) is 19.7 Å². The first-order chi connectivity index (χ1) is 13.9. The van der Waals surface area contributed by atoms with Gasteiger partial charge in [0.1, 0.15) is 17.1 Å². The maximum absolute atomic E-state index is 14.0. The summed E-state index contributed by atoms with van der Waals surface area (Å²) in [6, 6.07) is 11.9. The van der Waals surface area contributed by atoms with Crippen LogP contribution in [0, 0.1) is 22.9 Å². The van der Waals surface area contributed by atoms with Crippen molar-refractivity contribution in [2.24, 2.45) is 0 Å². The van der Waals surface area contributed by atoms with Crippen molar-refractivity contribution in [3.05, 3.63) is 86.0 Å². The van der Waals surface area contributed by atoms with E-state index in [1.54, 1.807) is 25.1 Å². The molecule has 2 aromatic heterocycles. The molecule has 0 unspecified atom stereocenters. The fourth-order valence-electron chi connectivity index (χ4n) is 2.83. The minimum absolute atomic E-state index is 0.120. The van der Waals surface area contributed by atoms with Crippen molar-refractivity contribution in [2.75, 3.05) is 0 Å². The Hall–Kier alpha value is -4.08. The summed E-state index contributed by atoms with van der Waals surface area (Å²) in [5.41, 5.74) is 0.783. The topological polar surface area (TPSA) is 113 Å². The van der Waals surface area contributed by atoms with Crippen molar-refractivity contribution in [3.63, 3.8) is 0 Å². The monoisotopic (exact) mass is 396 g/mol. The quantitative estimate of drug-likeness (QED) is 0.288. The van der Waals surface area contributed by atoms with Gasteiger partial charge in [-0.1, -0.05) is 18.2 Å². The Morgan fingerprint density at radius 1 is 1.24 bits per heavy atom. The van der Waals surface area contributed by atoms with Gasteiger partial charge in [0.2, 0.25) is 0 Å². The predicted octanol–water partition coefficient (Wildman–Crippen LogP) is 3.58. The second-order valence-corrected chi connectivity index (χ2v) is 6.21. The summed E-state index contributed by atoms with van der Waals surface area (Å²) in [5, 5.41) is 15.6. The van der Waals surface area contributed by atoms with Gasteiger partial charge in [0.25, 0.3) is 0 Å².